The second kappa shape index (κ2) is 6.62. The van der Waals surface area contributed by atoms with Crippen LogP contribution in [0.4, 0.5) is 4.39 Å². The Bertz CT molecular complexity index is 576. The summed E-state index contributed by atoms with van der Waals surface area (Å²) >= 11 is 5.73. The topological polar surface area (TPSA) is 69.6 Å². The van der Waals surface area contributed by atoms with Crippen molar-refractivity contribution in [1.29, 1.82) is 0 Å². The number of likely N-dealkylation sites (tertiary alicyclic amines) is 1. The predicted molar refractivity (Wildman–Crippen MR) is 79.7 cm³/mol. The molecule has 120 valence electrons. The van der Waals surface area contributed by atoms with Crippen LogP contribution in [0.3, 0.4) is 0 Å². The van der Waals surface area contributed by atoms with Gasteiger partial charge in [0.05, 0.1) is 0 Å². The van der Waals surface area contributed by atoms with Crippen molar-refractivity contribution in [3.05, 3.63) is 34.6 Å². The summed E-state index contributed by atoms with van der Waals surface area (Å²) < 4.78 is 13.2. The Kier molecular flexibility index (Phi) is 5.03. The zero-order valence-corrected chi connectivity index (χ0v) is 13.0. The zero-order valence-electron chi connectivity index (χ0n) is 12.2. The minimum absolute atomic E-state index is 0.0142. The molecule has 0 radical (unpaired) electrons. The van der Waals surface area contributed by atoms with Crippen LogP contribution in [0.15, 0.2) is 18.2 Å². The fourth-order valence-corrected chi connectivity index (χ4v) is 2.75. The highest BCUT2D eigenvalue weighted by Crippen LogP contribution is 2.23. The minimum Gasteiger partial charge on any atom is -0.372 e. The van der Waals surface area contributed by atoms with Crippen LogP contribution in [-0.2, 0) is 16.1 Å². The number of rotatable bonds is 5. The lowest BCUT2D eigenvalue weighted by Crippen LogP contribution is -2.52. The molecular formula is C15H18ClFN2O3. The van der Waals surface area contributed by atoms with Crippen molar-refractivity contribution in [3.8, 4) is 0 Å². The fourth-order valence-electron chi connectivity index (χ4n) is 2.50. The third kappa shape index (κ3) is 3.39. The SMILES string of the molecule is CCCN1CCC(O)(C(=O)NCc2cc(F)cc(Cl)c2)C1=O. The van der Waals surface area contributed by atoms with Crippen molar-refractivity contribution in [3.63, 3.8) is 0 Å². The van der Waals surface area contributed by atoms with Gasteiger partial charge in [-0.05, 0) is 30.2 Å². The van der Waals surface area contributed by atoms with Crippen molar-refractivity contribution in [2.45, 2.75) is 31.9 Å². The van der Waals surface area contributed by atoms with E-state index in [0.717, 1.165) is 12.5 Å². The lowest BCUT2D eigenvalue weighted by atomic mass is 10.0. The molecule has 0 spiro atoms. The highest BCUT2D eigenvalue weighted by Gasteiger charge is 2.50. The number of carbonyl (C=O) groups is 2. The van der Waals surface area contributed by atoms with E-state index in [4.69, 9.17) is 11.6 Å². The summed E-state index contributed by atoms with van der Waals surface area (Å²) in [5.41, 5.74) is -1.58. The highest BCUT2D eigenvalue weighted by molar-refractivity contribution is 6.30. The van der Waals surface area contributed by atoms with Gasteiger partial charge in [0.25, 0.3) is 11.8 Å². The summed E-state index contributed by atoms with van der Waals surface area (Å²) in [4.78, 5) is 25.7. The molecule has 0 saturated carbocycles. The van der Waals surface area contributed by atoms with E-state index < -0.39 is 23.2 Å². The fraction of sp³-hybridized carbons (Fsp3) is 0.467. The molecular weight excluding hydrogens is 311 g/mol. The molecule has 2 N–H and O–H groups in total. The Morgan fingerprint density at radius 3 is 2.86 bits per heavy atom. The van der Waals surface area contributed by atoms with Gasteiger partial charge in [0.1, 0.15) is 5.82 Å². The first-order valence-corrected chi connectivity index (χ1v) is 7.49. The molecule has 1 fully saturated rings. The monoisotopic (exact) mass is 328 g/mol. The van der Waals surface area contributed by atoms with Crippen LogP contribution in [0.5, 0.6) is 0 Å². The lowest BCUT2D eigenvalue weighted by molar-refractivity contribution is -0.154. The number of amides is 2. The van der Waals surface area contributed by atoms with E-state index >= 15 is 0 Å². The van der Waals surface area contributed by atoms with Crippen molar-refractivity contribution < 1.29 is 19.1 Å². The van der Waals surface area contributed by atoms with Crippen LogP contribution in [0.2, 0.25) is 5.02 Å². The molecule has 5 nitrogen and oxygen atoms in total. The predicted octanol–water partition coefficient (Wildman–Crippen LogP) is 1.47. The molecule has 2 amide bonds. The molecule has 0 aromatic heterocycles. The Balaban J connectivity index is 2.01. The van der Waals surface area contributed by atoms with Gasteiger partial charge < -0.3 is 15.3 Å². The van der Waals surface area contributed by atoms with Gasteiger partial charge in [-0.1, -0.05) is 18.5 Å². The Morgan fingerprint density at radius 1 is 1.50 bits per heavy atom. The summed E-state index contributed by atoms with van der Waals surface area (Å²) in [6.45, 7) is 2.76. The van der Waals surface area contributed by atoms with Crippen molar-refractivity contribution in [2.75, 3.05) is 13.1 Å². The molecule has 2 rings (SSSR count). The number of carbonyl (C=O) groups excluding carboxylic acids is 2. The summed E-state index contributed by atoms with van der Waals surface area (Å²) in [5, 5.41) is 13.0. The largest absolute Gasteiger partial charge is 0.372 e. The number of hydrogen-bond donors (Lipinski definition) is 2. The van der Waals surface area contributed by atoms with E-state index in [1.54, 1.807) is 0 Å². The third-order valence-corrected chi connectivity index (χ3v) is 3.85. The van der Waals surface area contributed by atoms with Crippen LogP contribution in [0, 0.1) is 5.82 Å². The first-order valence-electron chi connectivity index (χ1n) is 7.12. The molecule has 1 aliphatic heterocycles. The van der Waals surface area contributed by atoms with Crippen LogP contribution in [0.1, 0.15) is 25.3 Å². The molecule has 0 aliphatic carbocycles. The van der Waals surface area contributed by atoms with Gasteiger partial charge in [0, 0.05) is 31.1 Å². The van der Waals surface area contributed by atoms with Crippen molar-refractivity contribution in [2.24, 2.45) is 0 Å². The van der Waals surface area contributed by atoms with E-state index in [2.05, 4.69) is 5.32 Å². The molecule has 1 heterocycles. The maximum Gasteiger partial charge on any atom is 0.264 e. The second-order valence-electron chi connectivity index (χ2n) is 5.36. The van der Waals surface area contributed by atoms with Gasteiger partial charge in [-0.2, -0.15) is 0 Å². The minimum atomic E-state index is -2.04. The van der Waals surface area contributed by atoms with Crippen molar-refractivity contribution in [1.82, 2.24) is 10.2 Å². The van der Waals surface area contributed by atoms with E-state index in [-0.39, 0.29) is 18.0 Å². The molecule has 1 aromatic carbocycles. The smallest absolute Gasteiger partial charge is 0.264 e. The number of benzene rings is 1. The summed E-state index contributed by atoms with van der Waals surface area (Å²) in [6.07, 6.45) is 0.812. The maximum absolute atomic E-state index is 13.2. The second-order valence-corrected chi connectivity index (χ2v) is 5.80. The zero-order chi connectivity index (χ0) is 16.3. The normalized spacial score (nSPS) is 21.3. The summed E-state index contributed by atoms with van der Waals surface area (Å²) in [7, 11) is 0. The highest BCUT2D eigenvalue weighted by atomic mass is 35.5. The quantitative estimate of drug-likeness (QED) is 0.804. The van der Waals surface area contributed by atoms with Gasteiger partial charge in [0.2, 0.25) is 5.60 Å². The average Bonchev–Trinajstić information content (AvgIpc) is 2.74. The van der Waals surface area contributed by atoms with Crippen LogP contribution >= 0.6 is 11.6 Å². The van der Waals surface area contributed by atoms with E-state index in [0.29, 0.717) is 18.7 Å². The van der Waals surface area contributed by atoms with Crippen LogP contribution in [-0.4, -0.2) is 40.5 Å². The number of hydrogen-bond acceptors (Lipinski definition) is 3. The molecule has 1 atom stereocenters. The number of aliphatic hydroxyl groups is 1. The molecule has 7 heteroatoms. The third-order valence-electron chi connectivity index (χ3n) is 3.63. The van der Waals surface area contributed by atoms with E-state index in [9.17, 15) is 19.1 Å². The number of halogens is 2. The summed E-state index contributed by atoms with van der Waals surface area (Å²) in [6, 6.07) is 3.90. The Labute approximate surface area is 133 Å². The molecule has 1 unspecified atom stereocenters. The van der Waals surface area contributed by atoms with Gasteiger partial charge in [0.15, 0.2) is 0 Å². The standard InChI is InChI=1S/C15H18ClFN2O3/c1-2-4-19-5-3-15(22,14(19)21)13(20)18-9-10-6-11(16)8-12(17)7-10/h6-8,22H,2-5,9H2,1H3,(H,18,20). The van der Waals surface area contributed by atoms with E-state index in [1.165, 1.54) is 17.0 Å². The number of nitrogens with one attached hydrogen (secondary N) is 1. The molecule has 22 heavy (non-hydrogen) atoms. The first kappa shape index (κ1) is 16.7. The molecule has 1 aliphatic rings. The van der Waals surface area contributed by atoms with Gasteiger partial charge in [-0.3, -0.25) is 9.59 Å². The average molecular weight is 329 g/mol. The number of nitrogens with zero attached hydrogens (tertiary/aromatic N) is 1. The molecule has 0 bridgehead atoms. The molecule has 1 aromatic rings. The van der Waals surface area contributed by atoms with Crippen LogP contribution in [0.25, 0.3) is 0 Å². The van der Waals surface area contributed by atoms with Crippen molar-refractivity contribution >= 4 is 23.4 Å². The maximum atomic E-state index is 13.2. The van der Waals surface area contributed by atoms with E-state index in [1.807, 2.05) is 6.92 Å². The van der Waals surface area contributed by atoms with Gasteiger partial charge >= 0.3 is 0 Å². The first-order chi connectivity index (χ1) is 10.4. The van der Waals surface area contributed by atoms with Gasteiger partial charge in [-0.25, -0.2) is 4.39 Å². The Hall–Kier alpha value is -1.66. The van der Waals surface area contributed by atoms with Crippen LogP contribution < -0.4 is 5.32 Å². The summed E-state index contributed by atoms with van der Waals surface area (Å²) in [5.74, 6) is -1.86. The van der Waals surface area contributed by atoms with Gasteiger partial charge in [-0.15, -0.1) is 0 Å². The molecule has 1 saturated heterocycles. The Morgan fingerprint density at radius 2 is 2.23 bits per heavy atom. The lowest BCUT2D eigenvalue weighted by Gasteiger charge is -2.21.